The first-order valence-electron chi connectivity index (χ1n) is 10.3. The van der Waals surface area contributed by atoms with Gasteiger partial charge in [-0.05, 0) is 31.4 Å². The molecule has 0 aromatic carbocycles. The maximum atomic E-state index is 13.9. The molecule has 1 aromatic heterocycles. The van der Waals surface area contributed by atoms with Gasteiger partial charge in [0.1, 0.15) is 0 Å². The predicted octanol–water partition coefficient (Wildman–Crippen LogP) is 2.28. The Morgan fingerprint density at radius 2 is 2.00 bits per heavy atom. The monoisotopic (exact) mass is 518 g/mol. The van der Waals surface area contributed by atoms with Gasteiger partial charge < -0.3 is 20.9 Å². The van der Waals surface area contributed by atoms with Crippen LogP contribution in [0.2, 0.25) is 0 Å². The highest BCUT2D eigenvalue weighted by molar-refractivity contribution is 14.0. The largest absolute Gasteiger partial charge is 0.355 e. The van der Waals surface area contributed by atoms with E-state index >= 15 is 0 Å². The summed E-state index contributed by atoms with van der Waals surface area (Å²) in [4.78, 5) is 22.5. The lowest BCUT2D eigenvalue weighted by atomic mass is 9.89. The predicted molar refractivity (Wildman–Crippen MR) is 124 cm³/mol. The van der Waals surface area contributed by atoms with Crippen LogP contribution < -0.4 is 20.9 Å². The number of hydrogen-bond donors (Lipinski definition) is 3. The molecule has 1 atom stereocenters. The maximum absolute atomic E-state index is 13.9. The van der Waals surface area contributed by atoms with E-state index in [-0.39, 0.29) is 47.7 Å². The number of nitrogens with one attached hydrogen (secondary N) is 3. The molecule has 2 fully saturated rings. The Balaban J connectivity index is 0.00000300. The van der Waals surface area contributed by atoms with Crippen molar-refractivity contribution in [2.75, 3.05) is 38.1 Å². The Hall–Kier alpha value is -1.65. The topological polar surface area (TPSA) is 81.6 Å². The van der Waals surface area contributed by atoms with Gasteiger partial charge in [-0.15, -0.1) is 24.0 Å². The number of carbonyl (C=O) groups is 1. The van der Waals surface area contributed by atoms with E-state index in [0.29, 0.717) is 31.4 Å². The zero-order chi connectivity index (χ0) is 19.8. The van der Waals surface area contributed by atoms with Gasteiger partial charge in [0, 0.05) is 51.4 Å². The van der Waals surface area contributed by atoms with Crippen molar-refractivity contribution in [2.24, 2.45) is 10.9 Å². The third-order valence-electron chi connectivity index (χ3n) is 5.48. The zero-order valence-corrected chi connectivity index (χ0v) is 19.3. The second-order valence-corrected chi connectivity index (χ2v) is 7.51. The molecule has 1 aliphatic heterocycles. The molecule has 1 amide bonds. The fraction of sp³-hybridized carbons (Fsp3) is 0.650. The molecule has 7 nitrogen and oxygen atoms in total. The van der Waals surface area contributed by atoms with Crippen LogP contribution in [0.3, 0.4) is 0 Å². The van der Waals surface area contributed by atoms with Gasteiger partial charge in [0.25, 0.3) is 0 Å². The highest BCUT2D eigenvalue weighted by atomic mass is 127. The number of halogens is 2. The number of anilines is 1. The number of amides is 1. The minimum Gasteiger partial charge on any atom is -0.355 e. The first-order chi connectivity index (χ1) is 13.7. The number of carbonyl (C=O) groups excluding carboxylic acids is 1. The lowest BCUT2D eigenvalue weighted by Gasteiger charge is -2.21. The highest BCUT2D eigenvalue weighted by Gasteiger charge is 2.26. The summed E-state index contributed by atoms with van der Waals surface area (Å²) in [5, 5.41) is 9.63. The Bertz CT molecular complexity index is 683. The van der Waals surface area contributed by atoms with Crippen molar-refractivity contribution in [3.05, 3.63) is 24.1 Å². The smallest absolute Gasteiger partial charge is 0.223 e. The molecule has 1 saturated heterocycles. The summed E-state index contributed by atoms with van der Waals surface area (Å²) < 4.78 is 13.9. The van der Waals surface area contributed by atoms with Crippen molar-refractivity contribution in [1.82, 2.24) is 20.9 Å². The molecular formula is C20H32FIN6O. The number of aromatic nitrogens is 1. The van der Waals surface area contributed by atoms with Crippen molar-refractivity contribution < 1.29 is 9.18 Å². The normalized spacial score (nSPS) is 20.1. The molecule has 0 radical (unpaired) electrons. The van der Waals surface area contributed by atoms with Crippen LogP contribution in [0.25, 0.3) is 0 Å². The van der Waals surface area contributed by atoms with E-state index in [9.17, 15) is 9.18 Å². The molecule has 9 heteroatoms. The van der Waals surface area contributed by atoms with Gasteiger partial charge in [0.2, 0.25) is 5.91 Å². The molecular weight excluding hydrogens is 486 g/mol. The summed E-state index contributed by atoms with van der Waals surface area (Å²) in [6.07, 6.45) is 8.09. The Kier molecular flexibility index (Phi) is 9.89. The average Bonchev–Trinajstić information content (AvgIpc) is 3.19. The van der Waals surface area contributed by atoms with E-state index in [4.69, 9.17) is 0 Å². The molecule has 162 valence electrons. The quantitative estimate of drug-likeness (QED) is 0.233. The van der Waals surface area contributed by atoms with E-state index in [1.165, 1.54) is 12.5 Å². The molecule has 1 saturated carbocycles. The van der Waals surface area contributed by atoms with Crippen LogP contribution in [-0.4, -0.2) is 56.1 Å². The number of pyridine rings is 1. The van der Waals surface area contributed by atoms with E-state index < -0.39 is 0 Å². The molecule has 1 unspecified atom stereocenters. The lowest BCUT2D eigenvalue weighted by Crippen LogP contribution is -2.47. The highest BCUT2D eigenvalue weighted by Crippen LogP contribution is 2.23. The van der Waals surface area contributed by atoms with E-state index in [2.05, 4.69) is 25.9 Å². The van der Waals surface area contributed by atoms with Crippen LogP contribution in [0.5, 0.6) is 0 Å². The minimum absolute atomic E-state index is 0. The number of nitrogens with zero attached hydrogens (tertiary/aromatic N) is 3. The second-order valence-electron chi connectivity index (χ2n) is 7.51. The Morgan fingerprint density at radius 1 is 1.24 bits per heavy atom. The number of rotatable bonds is 6. The van der Waals surface area contributed by atoms with Gasteiger partial charge in [-0.25, -0.2) is 9.37 Å². The van der Waals surface area contributed by atoms with Gasteiger partial charge in [-0.3, -0.25) is 9.79 Å². The average molecular weight is 518 g/mol. The summed E-state index contributed by atoms with van der Waals surface area (Å²) in [6.45, 7) is 2.61. The zero-order valence-electron chi connectivity index (χ0n) is 17.0. The number of guanidine groups is 1. The van der Waals surface area contributed by atoms with Crippen LogP contribution >= 0.6 is 24.0 Å². The lowest BCUT2D eigenvalue weighted by molar-refractivity contribution is -0.125. The molecule has 1 aromatic rings. The molecule has 0 bridgehead atoms. The Labute approximate surface area is 189 Å². The van der Waals surface area contributed by atoms with Gasteiger partial charge >= 0.3 is 0 Å². The fourth-order valence-electron chi connectivity index (χ4n) is 3.94. The molecule has 2 heterocycles. The third-order valence-corrected chi connectivity index (χ3v) is 5.48. The van der Waals surface area contributed by atoms with Gasteiger partial charge in [0.15, 0.2) is 17.6 Å². The summed E-state index contributed by atoms with van der Waals surface area (Å²) in [5.74, 6) is 1.16. The molecule has 1 aliphatic carbocycles. The van der Waals surface area contributed by atoms with Crippen LogP contribution in [0.15, 0.2) is 23.3 Å². The van der Waals surface area contributed by atoms with Gasteiger partial charge in [-0.2, -0.15) is 0 Å². The van der Waals surface area contributed by atoms with Crippen LogP contribution in [0.4, 0.5) is 10.2 Å². The number of aliphatic imine (C=N–C) groups is 1. The van der Waals surface area contributed by atoms with E-state index in [0.717, 1.165) is 38.6 Å². The first-order valence-corrected chi connectivity index (χ1v) is 10.3. The molecule has 3 rings (SSSR count). The molecule has 29 heavy (non-hydrogen) atoms. The third kappa shape index (κ3) is 6.97. The summed E-state index contributed by atoms with van der Waals surface area (Å²) >= 11 is 0. The first kappa shape index (κ1) is 23.6. The van der Waals surface area contributed by atoms with Crippen molar-refractivity contribution in [3.8, 4) is 0 Å². The van der Waals surface area contributed by atoms with Crippen molar-refractivity contribution in [1.29, 1.82) is 0 Å². The second kappa shape index (κ2) is 12.1. The standard InChI is InChI=1S/C20H31FN6O.HI/c1-22-20(25-12-11-24-19(28)15-6-3-2-4-7-15)26-16-9-13-27(14-16)18-17(21)8-5-10-23-18;/h5,8,10,15-16H,2-4,6-7,9,11-14H2,1H3,(H,24,28)(H2,22,25,26);1H. The van der Waals surface area contributed by atoms with Crippen molar-refractivity contribution in [3.63, 3.8) is 0 Å². The maximum Gasteiger partial charge on any atom is 0.223 e. The number of hydrogen-bond acceptors (Lipinski definition) is 4. The van der Waals surface area contributed by atoms with Crippen LogP contribution in [-0.2, 0) is 4.79 Å². The molecule has 0 spiro atoms. The van der Waals surface area contributed by atoms with Gasteiger partial charge in [-0.1, -0.05) is 19.3 Å². The van der Waals surface area contributed by atoms with Crippen LogP contribution in [0.1, 0.15) is 38.5 Å². The van der Waals surface area contributed by atoms with Gasteiger partial charge in [0.05, 0.1) is 0 Å². The fourth-order valence-corrected chi connectivity index (χ4v) is 3.94. The SMILES string of the molecule is CN=C(NCCNC(=O)C1CCCCC1)NC1CCN(c2ncccc2F)C1.I. The molecule has 2 aliphatic rings. The molecule has 3 N–H and O–H groups in total. The Morgan fingerprint density at radius 3 is 2.72 bits per heavy atom. The van der Waals surface area contributed by atoms with E-state index in [1.807, 2.05) is 4.90 Å². The minimum atomic E-state index is -0.292. The summed E-state index contributed by atoms with van der Waals surface area (Å²) in [5.41, 5.74) is 0. The van der Waals surface area contributed by atoms with Crippen molar-refractivity contribution >= 4 is 41.7 Å². The van der Waals surface area contributed by atoms with Crippen LogP contribution in [0, 0.1) is 11.7 Å². The summed E-state index contributed by atoms with van der Waals surface area (Å²) in [7, 11) is 1.72. The van der Waals surface area contributed by atoms with E-state index in [1.54, 1.807) is 19.3 Å². The van der Waals surface area contributed by atoms with Crippen molar-refractivity contribution in [2.45, 2.75) is 44.6 Å². The summed E-state index contributed by atoms with van der Waals surface area (Å²) in [6, 6.07) is 3.21.